The van der Waals surface area contributed by atoms with E-state index in [1.807, 2.05) is 25.4 Å². The Morgan fingerprint density at radius 2 is 2.09 bits per heavy atom. The highest BCUT2D eigenvalue weighted by atomic mass is 15.3. The number of hydrogen-bond acceptors (Lipinski definition) is 4. The van der Waals surface area contributed by atoms with Crippen LogP contribution in [0.4, 0.5) is 5.95 Å². The molecule has 0 amide bonds. The molecule has 5 nitrogen and oxygen atoms in total. The average molecular weight is 297 g/mol. The molecule has 1 saturated carbocycles. The molecule has 0 bridgehead atoms. The second kappa shape index (κ2) is 5.71. The molecular formula is C17H23N5. The minimum absolute atomic E-state index is 0.492. The monoisotopic (exact) mass is 297 g/mol. The Labute approximate surface area is 131 Å². The Morgan fingerprint density at radius 1 is 1.18 bits per heavy atom. The predicted molar refractivity (Wildman–Crippen MR) is 85.9 cm³/mol. The number of piperidine rings is 1. The van der Waals surface area contributed by atoms with E-state index in [2.05, 4.69) is 30.6 Å². The fourth-order valence-electron chi connectivity index (χ4n) is 3.37. The quantitative estimate of drug-likeness (QED) is 0.870. The van der Waals surface area contributed by atoms with Crippen molar-refractivity contribution in [2.45, 2.75) is 45.1 Å². The van der Waals surface area contributed by atoms with Crippen LogP contribution in [0.2, 0.25) is 0 Å². The molecule has 1 atom stereocenters. The van der Waals surface area contributed by atoms with Gasteiger partial charge in [0.25, 0.3) is 0 Å². The first-order valence-electron chi connectivity index (χ1n) is 8.35. The summed E-state index contributed by atoms with van der Waals surface area (Å²) in [5, 5.41) is 0. The van der Waals surface area contributed by atoms with E-state index in [1.165, 1.54) is 31.5 Å². The van der Waals surface area contributed by atoms with Crippen molar-refractivity contribution >= 4 is 5.95 Å². The summed E-state index contributed by atoms with van der Waals surface area (Å²) in [4.78, 5) is 16.0. The zero-order chi connectivity index (χ0) is 14.9. The van der Waals surface area contributed by atoms with Crippen molar-refractivity contribution in [3.05, 3.63) is 36.2 Å². The molecule has 1 saturated heterocycles. The van der Waals surface area contributed by atoms with Crippen molar-refractivity contribution in [3.8, 4) is 0 Å². The minimum Gasteiger partial charge on any atom is -0.340 e. The maximum absolute atomic E-state index is 4.66. The fraction of sp³-hybridized carbons (Fsp3) is 0.588. The number of anilines is 1. The van der Waals surface area contributed by atoms with Crippen molar-refractivity contribution in [1.82, 2.24) is 19.5 Å². The maximum Gasteiger partial charge on any atom is 0.225 e. The fourth-order valence-corrected chi connectivity index (χ4v) is 3.37. The lowest BCUT2D eigenvalue weighted by atomic mass is 9.97. The van der Waals surface area contributed by atoms with E-state index in [0.29, 0.717) is 5.92 Å². The molecular weight excluding hydrogens is 274 g/mol. The first-order valence-corrected chi connectivity index (χ1v) is 8.35. The van der Waals surface area contributed by atoms with E-state index >= 15 is 0 Å². The van der Waals surface area contributed by atoms with Crippen LogP contribution >= 0.6 is 0 Å². The lowest BCUT2D eigenvalue weighted by Gasteiger charge is -2.32. The van der Waals surface area contributed by atoms with Crippen LogP contribution in [-0.4, -0.2) is 32.6 Å². The Kier molecular flexibility index (Phi) is 3.56. The molecule has 5 heteroatoms. The summed E-state index contributed by atoms with van der Waals surface area (Å²) in [5.41, 5.74) is 1.03. The smallest absolute Gasteiger partial charge is 0.225 e. The van der Waals surface area contributed by atoms with Gasteiger partial charge in [0.15, 0.2) is 0 Å². The largest absolute Gasteiger partial charge is 0.340 e. The van der Waals surface area contributed by atoms with Gasteiger partial charge in [-0.05, 0) is 44.6 Å². The van der Waals surface area contributed by atoms with Gasteiger partial charge in [-0.2, -0.15) is 0 Å². The van der Waals surface area contributed by atoms with Gasteiger partial charge < -0.3 is 9.47 Å². The molecule has 22 heavy (non-hydrogen) atoms. The molecule has 0 N–H and O–H groups in total. The summed E-state index contributed by atoms with van der Waals surface area (Å²) < 4.78 is 2.38. The Morgan fingerprint density at radius 3 is 2.91 bits per heavy atom. The van der Waals surface area contributed by atoms with Gasteiger partial charge in [0, 0.05) is 49.8 Å². The van der Waals surface area contributed by atoms with Crippen LogP contribution < -0.4 is 4.90 Å². The zero-order valence-electron chi connectivity index (χ0n) is 13.1. The van der Waals surface area contributed by atoms with Crippen molar-refractivity contribution in [3.63, 3.8) is 0 Å². The van der Waals surface area contributed by atoms with Gasteiger partial charge in [0.2, 0.25) is 5.95 Å². The van der Waals surface area contributed by atoms with Gasteiger partial charge in [-0.3, -0.25) is 0 Å². The van der Waals surface area contributed by atoms with Crippen LogP contribution in [0.3, 0.4) is 0 Å². The molecule has 2 fully saturated rings. The normalized spacial score (nSPS) is 22.0. The van der Waals surface area contributed by atoms with E-state index in [4.69, 9.17) is 0 Å². The summed E-state index contributed by atoms with van der Waals surface area (Å²) in [6, 6.07) is 1.95. The lowest BCUT2D eigenvalue weighted by molar-refractivity contribution is 0.459. The first-order chi connectivity index (χ1) is 10.8. The summed E-state index contributed by atoms with van der Waals surface area (Å²) in [6.07, 6.45) is 11.1. The van der Waals surface area contributed by atoms with Crippen LogP contribution in [0.1, 0.15) is 43.1 Å². The third-order valence-corrected chi connectivity index (χ3v) is 4.75. The Bertz CT molecular complexity index is 646. The van der Waals surface area contributed by atoms with E-state index in [-0.39, 0.29) is 0 Å². The molecule has 0 spiro atoms. The van der Waals surface area contributed by atoms with E-state index in [1.54, 1.807) is 0 Å². The number of rotatable bonds is 4. The number of nitrogens with zero attached hydrogens (tertiary/aromatic N) is 5. The molecule has 2 aromatic rings. The van der Waals surface area contributed by atoms with E-state index in [9.17, 15) is 0 Å². The SMILES string of the molecule is Cc1ccnc(N2CCC[C@@H](c3nccn3CC3CC3)C2)n1. The molecule has 0 aromatic carbocycles. The molecule has 0 radical (unpaired) electrons. The summed E-state index contributed by atoms with van der Waals surface area (Å²) in [6.45, 7) is 5.19. The lowest BCUT2D eigenvalue weighted by Crippen LogP contribution is -2.36. The number of aromatic nitrogens is 4. The van der Waals surface area contributed by atoms with Gasteiger partial charge in [0.05, 0.1) is 0 Å². The third-order valence-electron chi connectivity index (χ3n) is 4.75. The highest BCUT2D eigenvalue weighted by Gasteiger charge is 2.28. The molecule has 3 heterocycles. The van der Waals surface area contributed by atoms with Crippen LogP contribution in [-0.2, 0) is 6.54 Å². The van der Waals surface area contributed by atoms with Crippen molar-refractivity contribution in [2.24, 2.45) is 5.92 Å². The summed E-state index contributed by atoms with van der Waals surface area (Å²) >= 11 is 0. The Balaban J connectivity index is 1.52. The summed E-state index contributed by atoms with van der Waals surface area (Å²) in [7, 11) is 0. The van der Waals surface area contributed by atoms with Crippen LogP contribution in [0.25, 0.3) is 0 Å². The summed E-state index contributed by atoms with van der Waals surface area (Å²) in [5.74, 6) is 3.49. The van der Waals surface area contributed by atoms with E-state index in [0.717, 1.165) is 37.2 Å². The van der Waals surface area contributed by atoms with Crippen molar-refractivity contribution in [2.75, 3.05) is 18.0 Å². The van der Waals surface area contributed by atoms with Gasteiger partial charge >= 0.3 is 0 Å². The second-order valence-electron chi connectivity index (χ2n) is 6.66. The predicted octanol–water partition coefficient (Wildman–Crippen LogP) is 2.78. The minimum atomic E-state index is 0.492. The first kappa shape index (κ1) is 13.7. The maximum atomic E-state index is 4.66. The average Bonchev–Trinajstić information content (AvgIpc) is 3.23. The highest BCUT2D eigenvalue weighted by Crippen LogP contribution is 2.33. The second-order valence-corrected chi connectivity index (χ2v) is 6.66. The number of imidazole rings is 1. The van der Waals surface area contributed by atoms with Crippen LogP contribution in [0, 0.1) is 12.8 Å². The zero-order valence-corrected chi connectivity index (χ0v) is 13.1. The van der Waals surface area contributed by atoms with Crippen molar-refractivity contribution < 1.29 is 0 Å². The Hall–Kier alpha value is -1.91. The molecule has 0 unspecified atom stereocenters. The van der Waals surface area contributed by atoms with E-state index < -0.39 is 0 Å². The van der Waals surface area contributed by atoms with Gasteiger partial charge in [-0.1, -0.05) is 0 Å². The topological polar surface area (TPSA) is 46.8 Å². The van der Waals surface area contributed by atoms with Gasteiger partial charge in [-0.15, -0.1) is 0 Å². The standard InChI is InChI=1S/C17H23N5/c1-13-6-7-19-17(20-13)22-9-2-3-15(12-22)16-18-8-10-21(16)11-14-4-5-14/h6-8,10,14-15H,2-5,9,11-12H2,1H3/t15-/m1/s1. The molecule has 1 aliphatic carbocycles. The van der Waals surface area contributed by atoms with Gasteiger partial charge in [-0.25, -0.2) is 15.0 Å². The molecule has 116 valence electrons. The number of hydrogen-bond donors (Lipinski definition) is 0. The van der Waals surface area contributed by atoms with Crippen LogP contribution in [0.15, 0.2) is 24.7 Å². The molecule has 1 aliphatic heterocycles. The van der Waals surface area contributed by atoms with Crippen molar-refractivity contribution in [1.29, 1.82) is 0 Å². The van der Waals surface area contributed by atoms with Crippen LogP contribution in [0.5, 0.6) is 0 Å². The number of aryl methyl sites for hydroxylation is 1. The molecule has 2 aromatic heterocycles. The molecule has 2 aliphatic rings. The molecule has 4 rings (SSSR count). The third kappa shape index (κ3) is 2.85. The van der Waals surface area contributed by atoms with Gasteiger partial charge in [0.1, 0.15) is 5.82 Å². The highest BCUT2D eigenvalue weighted by molar-refractivity contribution is 5.32.